The molecule has 0 spiro atoms. The van der Waals surface area contributed by atoms with Gasteiger partial charge in [-0.3, -0.25) is 20.2 Å². The monoisotopic (exact) mass is 237 g/mol. The topological polar surface area (TPSA) is 89.5 Å². The van der Waals surface area contributed by atoms with Gasteiger partial charge in [0.15, 0.2) is 0 Å². The minimum Gasteiger partial charge on any atom is -0.383 e. The summed E-state index contributed by atoms with van der Waals surface area (Å²) in [6, 6.07) is 3.55. The summed E-state index contributed by atoms with van der Waals surface area (Å²) in [6.45, 7) is 0. The third kappa shape index (κ3) is 3.26. The van der Waals surface area contributed by atoms with Crippen molar-refractivity contribution in [1.82, 2.24) is 4.90 Å². The minimum absolute atomic E-state index is 0.280. The van der Waals surface area contributed by atoms with E-state index in [2.05, 4.69) is 0 Å². The van der Waals surface area contributed by atoms with Crippen LogP contribution < -0.4 is 0 Å². The molecule has 0 saturated heterocycles. The van der Waals surface area contributed by atoms with Crippen molar-refractivity contribution in [2.24, 2.45) is 0 Å². The van der Waals surface area contributed by atoms with Crippen LogP contribution in [-0.4, -0.2) is 28.8 Å². The Morgan fingerprint density at radius 3 is 2.29 bits per heavy atom. The van der Waals surface area contributed by atoms with Gasteiger partial charge in [0.2, 0.25) is 0 Å². The lowest BCUT2D eigenvalue weighted by Gasteiger charge is -2.03. The van der Waals surface area contributed by atoms with Crippen molar-refractivity contribution in [1.29, 1.82) is 0 Å². The van der Waals surface area contributed by atoms with E-state index in [4.69, 9.17) is 0 Å². The summed E-state index contributed by atoms with van der Waals surface area (Å²) in [6.07, 6.45) is 3.16. The van der Waals surface area contributed by atoms with E-state index >= 15 is 0 Å². The number of benzene rings is 1. The van der Waals surface area contributed by atoms with Crippen molar-refractivity contribution >= 4 is 17.5 Å². The summed E-state index contributed by atoms with van der Waals surface area (Å²) in [5, 5.41) is 21.3. The molecule has 17 heavy (non-hydrogen) atoms. The first-order chi connectivity index (χ1) is 7.91. The van der Waals surface area contributed by atoms with E-state index in [0.29, 0.717) is 5.56 Å². The van der Waals surface area contributed by atoms with Crippen molar-refractivity contribution in [2.75, 3.05) is 14.1 Å². The van der Waals surface area contributed by atoms with Crippen LogP contribution in [0.25, 0.3) is 6.08 Å². The number of hydrogen-bond donors (Lipinski definition) is 0. The Kier molecular flexibility index (Phi) is 3.76. The van der Waals surface area contributed by atoms with Gasteiger partial charge >= 0.3 is 0 Å². The maximum atomic E-state index is 10.8. The highest BCUT2D eigenvalue weighted by atomic mass is 16.6. The molecule has 0 radical (unpaired) electrons. The fourth-order valence-corrected chi connectivity index (χ4v) is 1.17. The molecular weight excluding hydrogens is 226 g/mol. The third-order valence-corrected chi connectivity index (χ3v) is 1.97. The summed E-state index contributed by atoms with van der Waals surface area (Å²) < 4.78 is 0. The van der Waals surface area contributed by atoms with Gasteiger partial charge < -0.3 is 4.90 Å². The standard InChI is InChI=1S/C10H11N3O4/c1-11(2)6-5-8-3-4-9(12(14)15)7-10(8)13(16)17/h3-7H,1-2H3/b6-5+. The fraction of sp³-hybridized carbons (Fsp3) is 0.200. The molecule has 0 aliphatic heterocycles. The first-order valence-electron chi connectivity index (χ1n) is 4.69. The number of hydrogen-bond acceptors (Lipinski definition) is 5. The molecule has 0 heterocycles. The van der Waals surface area contributed by atoms with E-state index in [1.807, 2.05) is 0 Å². The quantitative estimate of drug-likeness (QED) is 0.590. The van der Waals surface area contributed by atoms with Crippen molar-refractivity contribution in [3.63, 3.8) is 0 Å². The number of nitrogens with zero attached hydrogens (tertiary/aromatic N) is 3. The van der Waals surface area contributed by atoms with Crippen LogP contribution in [0.15, 0.2) is 24.4 Å². The molecule has 1 aromatic carbocycles. The van der Waals surface area contributed by atoms with E-state index in [0.717, 1.165) is 6.07 Å². The Morgan fingerprint density at radius 2 is 1.82 bits per heavy atom. The molecule has 0 fully saturated rings. The third-order valence-electron chi connectivity index (χ3n) is 1.97. The Labute approximate surface area is 97.3 Å². The highest BCUT2D eigenvalue weighted by Crippen LogP contribution is 2.25. The van der Waals surface area contributed by atoms with E-state index in [1.54, 1.807) is 25.2 Å². The van der Waals surface area contributed by atoms with Crippen molar-refractivity contribution in [2.45, 2.75) is 0 Å². The Morgan fingerprint density at radius 1 is 1.18 bits per heavy atom. The van der Waals surface area contributed by atoms with E-state index < -0.39 is 9.85 Å². The second-order valence-corrected chi connectivity index (χ2v) is 3.54. The van der Waals surface area contributed by atoms with Gasteiger partial charge in [-0.15, -0.1) is 0 Å². The molecule has 0 atom stereocenters. The van der Waals surface area contributed by atoms with Crippen LogP contribution in [0.5, 0.6) is 0 Å². The number of rotatable bonds is 4. The van der Waals surface area contributed by atoms with Gasteiger partial charge in [-0.1, -0.05) is 0 Å². The molecular formula is C10H11N3O4. The van der Waals surface area contributed by atoms with E-state index in [9.17, 15) is 20.2 Å². The molecule has 0 aliphatic rings. The molecule has 0 saturated carbocycles. The Hall–Kier alpha value is -2.44. The Balaban J connectivity index is 3.22. The lowest BCUT2D eigenvalue weighted by atomic mass is 10.1. The van der Waals surface area contributed by atoms with Gasteiger partial charge in [0.25, 0.3) is 11.4 Å². The first-order valence-corrected chi connectivity index (χ1v) is 4.69. The molecule has 0 unspecified atom stereocenters. The van der Waals surface area contributed by atoms with E-state index in [-0.39, 0.29) is 11.4 Å². The lowest BCUT2D eigenvalue weighted by Crippen LogP contribution is -2.00. The second-order valence-electron chi connectivity index (χ2n) is 3.54. The number of non-ortho nitro benzene ring substituents is 1. The zero-order valence-corrected chi connectivity index (χ0v) is 9.36. The van der Waals surface area contributed by atoms with Crippen LogP contribution in [0.1, 0.15) is 5.56 Å². The number of nitro benzene ring substituents is 2. The summed E-state index contributed by atoms with van der Waals surface area (Å²) in [5.41, 5.74) is -0.245. The van der Waals surface area contributed by atoms with Crippen LogP contribution >= 0.6 is 0 Å². The van der Waals surface area contributed by atoms with Crippen LogP contribution in [0.2, 0.25) is 0 Å². The average Bonchev–Trinajstić information content (AvgIpc) is 2.25. The van der Waals surface area contributed by atoms with Gasteiger partial charge in [0, 0.05) is 20.2 Å². The van der Waals surface area contributed by atoms with Gasteiger partial charge in [-0.25, -0.2) is 0 Å². The predicted octanol–water partition coefficient (Wildman–Crippen LogP) is 2.04. The maximum Gasteiger partial charge on any atom is 0.283 e. The summed E-state index contributed by atoms with van der Waals surface area (Å²) >= 11 is 0. The SMILES string of the molecule is CN(C)/C=C/c1ccc([N+](=O)[O-])cc1[N+](=O)[O-]. The highest BCUT2D eigenvalue weighted by Gasteiger charge is 2.17. The van der Waals surface area contributed by atoms with Gasteiger partial charge in [-0.2, -0.15) is 0 Å². The molecule has 1 aromatic rings. The van der Waals surface area contributed by atoms with Gasteiger partial charge in [0.1, 0.15) is 0 Å². The van der Waals surface area contributed by atoms with Crippen LogP contribution in [0, 0.1) is 20.2 Å². The Bertz CT molecular complexity index is 482. The molecule has 0 N–H and O–H groups in total. The van der Waals surface area contributed by atoms with Crippen molar-refractivity contribution < 1.29 is 9.85 Å². The largest absolute Gasteiger partial charge is 0.383 e. The maximum absolute atomic E-state index is 10.8. The molecule has 0 bridgehead atoms. The number of nitro groups is 2. The molecule has 0 aromatic heterocycles. The summed E-state index contributed by atoms with van der Waals surface area (Å²) in [7, 11) is 3.54. The second kappa shape index (κ2) is 5.06. The summed E-state index contributed by atoms with van der Waals surface area (Å²) in [5.74, 6) is 0. The van der Waals surface area contributed by atoms with Gasteiger partial charge in [0.05, 0.1) is 21.5 Å². The highest BCUT2D eigenvalue weighted by molar-refractivity contribution is 5.63. The van der Waals surface area contributed by atoms with Crippen molar-refractivity contribution in [3.8, 4) is 0 Å². The minimum atomic E-state index is -0.660. The molecule has 90 valence electrons. The van der Waals surface area contributed by atoms with Crippen LogP contribution in [0.3, 0.4) is 0 Å². The smallest absolute Gasteiger partial charge is 0.283 e. The zero-order chi connectivity index (χ0) is 13.0. The van der Waals surface area contributed by atoms with Crippen LogP contribution in [-0.2, 0) is 0 Å². The zero-order valence-electron chi connectivity index (χ0n) is 9.36. The molecule has 7 nitrogen and oxygen atoms in total. The molecule has 1 rings (SSSR count). The lowest BCUT2D eigenvalue weighted by molar-refractivity contribution is -0.394. The first kappa shape index (κ1) is 12.6. The molecule has 0 amide bonds. The molecule has 0 aliphatic carbocycles. The predicted molar refractivity (Wildman–Crippen MR) is 62.5 cm³/mol. The molecule has 7 heteroatoms. The average molecular weight is 237 g/mol. The summed E-state index contributed by atoms with van der Waals surface area (Å²) in [4.78, 5) is 21.7. The van der Waals surface area contributed by atoms with Crippen LogP contribution in [0.4, 0.5) is 11.4 Å². The fourth-order valence-electron chi connectivity index (χ4n) is 1.17. The normalized spacial score (nSPS) is 10.5. The van der Waals surface area contributed by atoms with Gasteiger partial charge in [-0.05, 0) is 18.3 Å². The van der Waals surface area contributed by atoms with Crippen molar-refractivity contribution in [3.05, 3.63) is 50.2 Å². The van der Waals surface area contributed by atoms with E-state index in [1.165, 1.54) is 18.2 Å².